The number of ether oxygens (including phenoxy) is 1. The van der Waals surface area contributed by atoms with Gasteiger partial charge in [-0.05, 0) is 6.07 Å². The largest absolute Gasteiger partial charge is 0.384 e. The van der Waals surface area contributed by atoms with Crippen molar-refractivity contribution in [1.29, 1.82) is 0 Å². The molecule has 0 unspecified atom stereocenters. The van der Waals surface area contributed by atoms with Crippen molar-refractivity contribution in [3.63, 3.8) is 0 Å². The molecule has 0 aliphatic carbocycles. The molecule has 0 bridgehead atoms. The lowest BCUT2D eigenvalue weighted by molar-refractivity contribution is 0.0610. The standard InChI is InChI=1S/C10H15FN4O/c1-16-8-4-7(11)5-15(6-8)10-13-3-2-9(12)14-10/h2-3,7-8H,4-6H2,1H3,(H2,12,13,14)/t7-,8+/m0/s1. The summed E-state index contributed by atoms with van der Waals surface area (Å²) in [6, 6.07) is 1.61. The molecule has 88 valence electrons. The molecule has 1 aliphatic heterocycles. The van der Waals surface area contributed by atoms with Crippen LogP contribution in [0, 0.1) is 0 Å². The second-order valence-electron chi connectivity index (χ2n) is 3.88. The number of nitrogens with zero attached hydrogens (tertiary/aromatic N) is 3. The lowest BCUT2D eigenvalue weighted by Gasteiger charge is -2.33. The summed E-state index contributed by atoms with van der Waals surface area (Å²) in [7, 11) is 1.58. The number of hydrogen-bond acceptors (Lipinski definition) is 5. The van der Waals surface area contributed by atoms with Crippen molar-refractivity contribution in [2.75, 3.05) is 30.8 Å². The molecule has 2 N–H and O–H groups in total. The van der Waals surface area contributed by atoms with Crippen molar-refractivity contribution in [2.45, 2.75) is 18.7 Å². The van der Waals surface area contributed by atoms with Crippen LogP contribution in [0.2, 0.25) is 0 Å². The molecule has 0 spiro atoms. The fraction of sp³-hybridized carbons (Fsp3) is 0.600. The van der Waals surface area contributed by atoms with Crippen molar-refractivity contribution >= 4 is 11.8 Å². The van der Waals surface area contributed by atoms with Crippen molar-refractivity contribution in [3.05, 3.63) is 12.3 Å². The molecule has 0 saturated carbocycles. The Kier molecular flexibility index (Phi) is 3.19. The molecule has 16 heavy (non-hydrogen) atoms. The van der Waals surface area contributed by atoms with E-state index in [0.717, 1.165) is 0 Å². The van der Waals surface area contributed by atoms with Gasteiger partial charge in [0.15, 0.2) is 0 Å². The maximum Gasteiger partial charge on any atom is 0.227 e. The van der Waals surface area contributed by atoms with Gasteiger partial charge in [-0.1, -0.05) is 0 Å². The number of nitrogens with two attached hydrogens (primary N) is 1. The SMILES string of the molecule is CO[C@@H]1C[C@H](F)CN(c2nccc(N)n2)C1. The van der Waals surface area contributed by atoms with Gasteiger partial charge in [0.2, 0.25) is 5.95 Å². The van der Waals surface area contributed by atoms with Crippen LogP contribution in [0.3, 0.4) is 0 Å². The highest BCUT2D eigenvalue weighted by atomic mass is 19.1. The number of hydrogen-bond donors (Lipinski definition) is 1. The zero-order chi connectivity index (χ0) is 11.5. The molecule has 5 nitrogen and oxygen atoms in total. The van der Waals surface area contributed by atoms with Crippen LogP contribution in [0.25, 0.3) is 0 Å². The predicted molar refractivity (Wildman–Crippen MR) is 59.0 cm³/mol. The first-order valence-corrected chi connectivity index (χ1v) is 5.19. The van der Waals surface area contributed by atoms with Crippen LogP contribution in [0.4, 0.5) is 16.2 Å². The third-order valence-corrected chi connectivity index (χ3v) is 2.64. The molecule has 2 atom stereocenters. The Morgan fingerprint density at radius 3 is 3.06 bits per heavy atom. The number of anilines is 2. The first kappa shape index (κ1) is 11.1. The minimum atomic E-state index is -0.913. The number of halogens is 1. The summed E-state index contributed by atoms with van der Waals surface area (Å²) in [6.45, 7) is 0.893. The van der Waals surface area contributed by atoms with Crippen LogP contribution >= 0.6 is 0 Å². The molecule has 1 aromatic rings. The van der Waals surface area contributed by atoms with E-state index in [0.29, 0.717) is 31.3 Å². The Morgan fingerprint density at radius 2 is 2.38 bits per heavy atom. The molecule has 1 aromatic heterocycles. The average Bonchev–Trinajstić information content (AvgIpc) is 2.28. The number of piperidine rings is 1. The van der Waals surface area contributed by atoms with Gasteiger partial charge >= 0.3 is 0 Å². The minimum absolute atomic E-state index is 0.117. The summed E-state index contributed by atoms with van der Waals surface area (Å²) in [4.78, 5) is 9.91. The van der Waals surface area contributed by atoms with Gasteiger partial charge in [0.1, 0.15) is 12.0 Å². The highest BCUT2D eigenvalue weighted by molar-refractivity contribution is 5.38. The second-order valence-corrected chi connectivity index (χ2v) is 3.88. The first-order valence-electron chi connectivity index (χ1n) is 5.19. The van der Waals surface area contributed by atoms with Crippen molar-refractivity contribution < 1.29 is 9.13 Å². The Hall–Kier alpha value is -1.43. The number of aromatic nitrogens is 2. The minimum Gasteiger partial charge on any atom is -0.384 e. The fourth-order valence-electron chi connectivity index (χ4n) is 1.84. The summed E-state index contributed by atoms with van der Waals surface area (Å²) >= 11 is 0. The van der Waals surface area contributed by atoms with E-state index in [9.17, 15) is 4.39 Å². The lowest BCUT2D eigenvalue weighted by atomic mass is 10.1. The van der Waals surface area contributed by atoms with Crippen LogP contribution in [-0.2, 0) is 4.74 Å². The fourth-order valence-corrected chi connectivity index (χ4v) is 1.84. The molecule has 0 radical (unpaired) electrons. The quantitative estimate of drug-likeness (QED) is 0.801. The van der Waals surface area contributed by atoms with Crippen molar-refractivity contribution in [3.8, 4) is 0 Å². The van der Waals surface area contributed by atoms with Gasteiger partial charge in [0, 0.05) is 26.3 Å². The van der Waals surface area contributed by atoms with E-state index < -0.39 is 6.17 Å². The smallest absolute Gasteiger partial charge is 0.227 e. The third-order valence-electron chi connectivity index (χ3n) is 2.64. The number of rotatable bonds is 2. The van der Waals surface area contributed by atoms with Crippen LogP contribution in [0.5, 0.6) is 0 Å². The molecule has 1 fully saturated rings. The number of alkyl halides is 1. The van der Waals surface area contributed by atoms with E-state index in [-0.39, 0.29) is 6.10 Å². The Bertz CT molecular complexity index is 362. The van der Waals surface area contributed by atoms with E-state index in [2.05, 4.69) is 9.97 Å². The predicted octanol–water partition coefficient (Wildman–Crippen LogP) is 0.622. The van der Waals surface area contributed by atoms with Crippen LogP contribution in [-0.4, -0.2) is 42.4 Å². The molecule has 0 aromatic carbocycles. The summed E-state index contributed by atoms with van der Waals surface area (Å²) in [5.74, 6) is 0.851. The van der Waals surface area contributed by atoms with Crippen molar-refractivity contribution in [2.24, 2.45) is 0 Å². The van der Waals surface area contributed by atoms with Crippen molar-refractivity contribution in [1.82, 2.24) is 9.97 Å². The molecule has 1 saturated heterocycles. The van der Waals surface area contributed by atoms with Gasteiger partial charge in [-0.25, -0.2) is 9.37 Å². The van der Waals surface area contributed by atoms with E-state index in [1.54, 1.807) is 24.3 Å². The van der Waals surface area contributed by atoms with Crippen LogP contribution < -0.4 is 10.6 Å². The maximum absolute atomic E-state index is 13.4. The van der Waals surface area contributed by atoms with Crippen LogP contribution in [0.15, 0.2) is 12.3 Å². The highest BCUT2D eigenvalue weighted by Gasteiger charge is 2.28. The Labute approximate surface area is 93.4 Å². The second kappa shape index (κ2) is 4.61. The Morgan fingerprint density at radius 1 is 1.56 bits per heavy atom. The normalized spacial score (nSPS) is 25.8. The number of nitrogen functional groups attached to an aromatic ring is 1. The van der Waals surface area contributed by atoms with E-state index in [1.165, 1.54) is 0 Å². The first-order chi connectivity index (χ1) is 7.69. The summed E-state index contributed by atoms with van der Waals surface area (Å²) in [5, 5.41) is 0. The maximum atomic E-state index is 13.4. The molecular weight excluding hydrogens is 211 g/mol. The highest BCUT2D eigenvalue weighted by Crippen LogP contribution is 2.20. The molecular formula is C10H15FN4O. The molecule has 2 rings (SSSR count). The van der Waals surface area contributed by atoms with Gasteiger partial charge < -0.3 is 15.4 Å². The zero-order valence-electron chi connectivity index (χ0n) is 9.14. The van der Waals surface area contributed by atoms with Gasteiger partial charge in [-0.2, -0.15) is 4.98 Å². The molecule has 1 aliphatic rings. The zero-order valence-corrected chi connectivity index (χ0v) is 9.14. The molecule has 2 heterocycles. The van der Waals surface area contributed by atoms with Crippen LogP contribution in [0.1, 0.15) is 6.42 Å². The number of methoxy groups -OCH3 is 1. The molecule has 0 amide bonds. The van der Waals surface area contributed by atoms with E-state index in [4.69, 9.17) is 10.5 Å². The van der Waals surface area contributed by atoms with Gasteiger partial charge in [-0.3, -0.25) is 0 Å². The average molecular weight is 226 g/mol. The summed E-state index contributed by atoms with van der Waals surface area (Å²) in [6.07, 6.45) is 0.967. The molecule has 6 heteroatoms. The topological polar surface area (TPSA) is 64.3 Å². The van der Waals surface area contributed by atoms with Gasteiger partial charge in [-0.15, -0.1) is 0 Å². The lowest BCUT2D eigenvalue weighted by Crippen LogP contribution is -2.45. The Balaban J connectivity index is 2.14. The third kappa shape index (κ3) is 2.38. The van der Waals surface area contributed by atoms with E-state index >= 15 is 0 Å². The monoisotopic (exact) mass is 226 g/mol. The summed E-state index contributed by atoms with van der Waals surface area (Å²) < 4.78 is 18.6. The van der Waals surface area contributed by atoms with Gasteiger partial charge in [0.25, 0.3) is 0 Å². The van der Waals surface area contributed by atoms with E-state index in [1.807, 2.05) is 0 Å². The van der Waals surface area contributed by atoms with Gasteiger partial charge in [0.05, 0.1) is 12.6 Å². The summed E-state index contributed by atoms with van der Waals surface area (Å²) in [5.41, 5.74) is 5.56.